The van der Waals surface area contributed by atoms with Gasteiger partial charge in [0.1, 0.15) is 5.67 Å². The molecule has 2 N–H and O–H groups in total. The third-order valence-electron chi connectivity index (χ3n) is 2.84. The van der Waals surface area contributed by atoms with Crippen LogP contribution in [0.25, 0.3) is 0 Å². The molecular formula is C11H13F2NO. The van der Waals surface area contributed by atoms with Gasteiger partial charge in [-0.25, -0.2) is 8.78 Å². The van der Waals surface area contributed by atoms with E-state index in [1.54, 1.807) is 6.07 Å². The number of hydrogen-bond donors (Lipinski definition) is 1. The molecule has 0 aliphatic heterocycles. The summed E-state index contributed by atoms with van der Waals surface area (Å²) in [6, 6.07) is 4.06. The zero-order chi connectivity index (χ0) is 11.1. The van der Waals surface area contributed by atoms with Gasteiger partial charge in [0.05, 0.1) is 7.11 Å². The topological polar surface area (TPSA) is 35.2 Å². The van der Waals surface area contributed by atoms with Crippen LogP contribution in [0, 0.1) is 5.82 Å². The van der Waals surface area contributed by atoms with E-state index in [4.69, 9.17) is 10.5 Å². The molecule has 0 aromatic heterocycles. The number of rotatable bonds is 2. The molecule has 0 amide bonds. The first-order valence-electron chi connectivity index (χ1n) is 4.84. The lowest BCUT2D eigenvalue weighted by Crippen LogP contribution is -2.46. The van der Waals surface area contributed by atoms with Crippen LogP contribution >= 0.6 is 0 Å². The predicted molar refractivity (Wildman–Crippen MR) is 52.9 cm³/mol. The maximum atomic E-state index is 14.0. The first-order chi connectivity index (χ1) is 7.05. The van der Waals surface area contributed by atoms with E-state index in [0.29, 0.717) is 5.56 Å². The van der Waals surface area contributed by atoms with Crippen molar-refractivity contribution in [2.24, 2.45) is 5.73 Å². The van der Waals surface area contributed by atoms with Gasteiger partial charge in [0.15, 0.2) is 11.6 Å². The van der Waals surface area contributed by atoms with Gasteiger partial charge in [0, 0.05) is 18.9 Å². The van der Waals surface area contributed by atoms with E-state index >= 15 is 0 Å². The average Bonchev–Trinajstić information content (AvgIpc) is 2.15. The molecule has 0 unspecified atom stereocenters. The molecule has 4 heteroatoms. The summed E-state index contributed by atoms with van der Waals surface area (Å²) >= 11 is 0. The fraction of sp³-hybridized carbons (Fsp3) is 0.455. The van der Waals surface area contributed by atoms with Gasteiger partial charge >= 0.3 is 0 Å². The molecule has 0 bridgehead atoms. The van der Waals surface area contributed by atoms with Crippen molar-refractivity contribution in [2.75, 3.05) is 7.11 Å². The summed E-state index contributed by atoms with van der Waals surface area (Å²) in [5.74, 6) is -0.404. The van der Waals surface area contributed by atoms with E-state index in [0.717, 1.165) is 0 Å². The van der Waals surface area contributed by atoms with Crippen LogP contribution in [0.15, 0.2) is 18.2 Å². The Hall–Kier alpha value is -1.16. The van der Waals surface area contributed by atoms with Crippen LogP contribution in [0.1, 0.15) is 18.4 Å². The van der Waals surface area contributed by atoms with Crippen molar-refractivity contribution < 1.29 is 13.5 Å². The minimum atomic E-state index is -1.45. The van der Waals surface area contributed by atoms with Crippen LogP contribution in [0.4, 0.5) is 8.78 Å². The minimum absolute atomic E-state index is 0.111. The third-order valence-corrected chi connectivity index (χ3v) is 2.84. The standard InChI is InChI=1S/C11H13F2NO/c1-15-10-3-2-7(4-9(10)12)11(13)5-8(14)6-11/h2-4,8H,5-6,14H2,1H3. The minimum Gasteiger partial charge on any atom is -0.494 e. The monoisotopic (exact) mass is 213 g/mol. The van der Waals surface area contributed by atoms with E-state index in [9.17, 15) is 8.78 Å². The Balaban J connectivity index is 2.27. The summed E-state index contributed by atoms with van der Waals surface area (Å²) in [4.78, 5) is 0. The first kappa shape index (κ1) is 10.4. The van der Waals surface area contributed by atoms with Gasteiger partial charge in [-0.15, -0.1) is 0 Å². The normalized spacial score (nSPS) is 29.7. The Bertz CT molecular complexity index is 375. The smallest absolute Gasteiger partial charge is 0.165 e. The highest BCUT2D eigenvalue weighted by atomic mass is 19.1. The first-order valence-corrected chi connectivity index (χ1v) is 4.84. The van der Waals surface area contributed by atoms with E-state index in [1.807, 2.05) is 0 Å². The fourth-order valence-corrected chi connectivity index (χ4v) is 1.95. The molecular weight excluding hydrogens is 200 g/mol. The third kappa shape index (κ3) is 1.69. The van der Waals surface area contributed by atoms with E-state index in [1.165, 1.54) is 19.2 Å². The lowest BCUT2D eigenvalue weighted by atomic mass is 9.73. The number of methoxy groups -OCH3 is 1. The lowest BCUT2D eigenvalue weighted by molar-refractivity contribution is 0.0402. The highest BCUT2D eigenvalue weighted by Gasteiger charge is 2.44. The SMILES string of the molecule is COc1ccc(C2(F)CC(N)C2)cc1F. The number of benzene rings is 1. The number of halogens is 2. The highest BCUT2D eigenvalue weighted by Crippen LogP contribution is 2.44. The van der Waals surface area contributed by atoms with Crippen LogP contribution in [0.3, 0.4) is 0 Å². The van der Waals surface area contributed by atoms with Crippen molar-refractivity contribution in [3.63, 3.8) is 0 Å². The molecule has 1 aliphatic carbocycles. The van der Waals surface area contributed by atoms with E-state index < -0.39 is 11.5 Å². The second-order valence-electron chi connectivity index (χ2n) is 3.98. The van der Waals surface area contributed by atoms with Crippen LogP contribution in [0.2, 0.25) is 0 Å². The molecule has 1 aromatic rings. The number of nitrogens with two attached hydrogens (primary N) is 1. The number of hydrogen-bond acceptors (Lipinski definition) is 2. The summed E-state index contributed by atoms with van der Waals surface area (Å²) in [5, 5.41) is 0. The van der Waals surface area contributed by atoms with Crippen LogP contribution in [-0.4, -0.2) is 13.2 Å². The van der Waals surface area contributed by atoms with Crippen molar-refractivity contribution in [1.29, 1.82) is 0 Å². The Labute approximate surface area is 87.0 Å². The summed E-state index contributed by atoms with van der Waals surface area (Å²) in [5.41, 5.74) is 4.42. The molecule has 1 saturated carbocycles. The second kappa shape index (κ2) is 3.45. The molecule has 0 spiro atoms. The van der Waals surface area contributed by atoms with Gasteiger partial charge in [0.2, 0.25) is 0 Å². The molecule has 1 aliphatic rings. The Morgan fingerprint density at radius 3 is 2.60 bits per heavy atom. The maximum Gasteiger partial charge on any atom is 0.165 e. The molecule has 0 radical (unpaired) electrons. The molecule has 82 valence electrons. The van der Waals surface area contributed by atoms with Gasteiger partial charge in [-0.3, -0.25) is 0 Å². The molecule has 15 heavy (non-hydrogen) atoms. The maximum absolute atomic E-state index is 14.0. The van der Waals surface area contributed by atoms with Crippen LogP contribution < -0.4 is 10.5 Å². The van der Waals surface area contributed by atoms with Gasteiger partial charge in [0.25, 0.3) is 0 Å². The van der Waals surface area contributed by atoms with Crippen molar-refractivity contribution in [1.82, 2.24) is 0 Å². The Kier molecular flexibility index (Phi) is 2.38. The van der Waals surface area contributed by atoms with Crippen molar-refractivity contribution >= 4 is 0 Å². The second-order valence-corrected chi connectivity index (χ2v) is 3.98. The molecule has 0 saturated heterocycles. The fourth-order valence-electron chi connectivity index (χ4n) is 1.95. The van der Waals surface area contributed by atoms with Gasteiger partial charge < -0.3 is 10.5 Å². The highest BCUT2D eigenvalue weighted by molar-refractivity contribution is 5.34. The molecule has 0 heterocycles. The summed E-state index contributed by atoms with van der Waals surface area (Å²) in [7, 11) is 1.38. The molecule has 0 atom stereocenters. The van der Waals surface area contributed by atoms with E-state index in [2.05, 4.69) is 0 Å². The van der Waals surface area contributed by atoms with Crippen molar-refractivity contribution in [3.8, 4) is 5.75 Å². The number of alkyl halides is 1. The molecule has 2 nitrogen and oxygen atoms in total. The van der Waals surface area contributed by atoms with Crippen molar-refractivity contribution in [3.05, 3.63) is 29.6 Å². The summed E-state index contributed by atoms with van der Waals surface area (Å²) < 4.78 is 32.1. The predicted octanol–water partition coefficient (Wildman–Crippen LogP) is 2.12. The zero-order valence-electron chi connectivity index (χ0n) is 8.47. The average molecular weight is 213 g/mol. The van der Waals surface area contributed by atoms with Crippen LogP contribution in [0.5, 0.6) is 5.75 Å². The quantitative estimate of drug-likeness (QED) is 0.816. The molecule has 2 rings (SSSR count). The largest absolute Gasteiger partial charge is 0.494 e. The number of ether oxygens (including phenoxy) is 1. The molecule has 1 aromatic carbocycles. The molecule has 1 fully saturated rings. The summed E-state index contributed by atoms with van der Waals surface area (Å²) in [6.45, 7) is 0. The lowest BCUT2D eigenvalue weighted by Gasteiger charge is -2.39. The van der Waals surface area contributed by atoms with Gasteiger partial charge in [-0.05, 0) is 17.7 Å². The Morgan fingerprint density at radius 2 is 2.13 bits per heavy atom. The summed E-state index contributed by atoms with van der Waals surface area (Å²) in [6.07, 6.45) is 0.525. The van der Waals surface area contributed by atoms with Crippen LogP contribution in [-0.2, 0) is 5.67 Å². The van der Waals surface area contributed by atoms with Crippen molar-refractivity contribution in [2.45, 2.75) is 24.6 Å². The van der Waals surface area contributed by atoms with Gasteiger partial charge in [-0.2, -0.15) is 0 Å². The van der Waals surface area contributed by atoms with E-state index in [-0.39, 0.29) is 24.6 Å². The van der Waals surface area contributed by atoms with Gasteiger partial charge in [-0.1, -0.05) is 6.07 Å². The Morgan fingerprint density at radius 1 is 1.47 bits per heavy atom. The zero-order valence-corrected chi connectivity index (χ0v) is 8.47.